The molecular formula is C15H26N2O3S. The van der Waals surface area contributed by atoms with Crippen LogP contribution in [0.4, 0.5) is 0 Å². The van der Waals surface area contributed by atoms with Gasteiger partial charge in [-0.3, -0.25) is 0 Å². The molecule has 120 valence electrons. The number of furan rings is 1. The summed E-state index contributed by atoms with van der Waals surface area (Å²) in [5.74, 6) is 1.02. The molecule has 2 rings (SSSR count). The van der Waals surface area contributed by atoms with Crippen molar-refractivity contribution in [3.05, 3.63) is 17.9 Å². The lowest BCUT2D eigenvalue weighted by Crippen LogP contribution is -2.36. The minimum atomic E-state index is -3.55. The quantitative estimate of drug-likeness (QED) is 0.876. The molecule has 1 aromatic heterocycles. The van der Waals surface area contributed by atoms with Crippen LogP contribution in [0.5, 0.6) is 0 Å². The maximum Gasteiger partial charge on any atom is 0.274 e. The molecule has 1 saturated carbocycles. The van der Waals surface area contributed by atoms with E-state index in [1.165, 1.54) is 6.07 Å². The van der Waals surface area contributed by atoms with Gasteiger partial charge >= 0.3 is 0 Å². The Morgan fingerprint density at radius 1 is 1.29 bits per heavy atom. The van der Waals surface area contributed by atoms with E-state index in [0.29, 0.717) is 18.2 Å². The molecule has 0 spiro atoms. The molecule has 0 aromatic carbocycles. The summed E-state index contributed by atoms with van der Waals surface area (Å²) < 4.78 is 32.9. The topological polar surface area (TPSA) is 71.3 Å². The molecule has 0 radical (unpaired) electrons. The van der Waals surface area contributed by atoms with E-state index in [4.69, 9.17) is 4.42 Å². The molecule has 0 saturated heterocycles. The van der Waals surface area contributed by atoms with E-state index in [1.807, 2.05) is 0 Å². The van der Waals surface area contributed by atoms with Gasteiger partial charge in [0.15, 0.2) is 0 Å². The Morgan fingerprint density at radius 2 is 2.00 bits per heavy atom. The maximum atomic E-state index is 12.3. The van der Waals surface area contributed by atoms with Gasteiger partial charge in [0.1, 0.15) is 5.76 Å². The van der Waals surface area contributed by atoms with Gasteiger partial charge in [0.05, 0.1) is 6.54 Å². The number of sulfonamides is 1. The molecule has 5 nitrogen and oxygen atoms in total. The van der Waals surface area contributed by atoms with Crippen molar-refractivity contribution in [1.82, 2.24) is 10.0 Å². The average Bonchev–Trinajstić information content (AvgIpc) is 2.96. The summed E-state index contributed by atoms with van der Waals surface area (Å²) in [5, 5.41) is 3.28. The highest BCUT2D eigenvalue weighted by molar-refractivity contribution is 7.89. The van der Waals surface area contributed by atoms with Crippen molar-refractivity contribution in [2.24, 2.45) is 5.92 Å². The Balaban J connectivity index is 2.02. The van der Waals surface area contributed by atoms with Gasteiger partial charge in [-0.15, -0.1) is 0 Å². The van der Waals surface area contributed by atoms with E-state index in [2.05, 4.69) is 37.7 Å². The van der Waals surface area contributed by atoms with Gasteiger partial charge in [-0.2, -0.15) is 0 Å². The first-order chi connectivity index (χ1) is 9.67. The van der Waals surface area contributed by atoms with Crippen molar-refractivity contribution in [1.29, 1.82) is 0 Å². The predicted octanol–water partition coefficient (Wildman–Crippen LogP) is 2.63. The Kier molecular flexibility index (Phi) is 4.80. The van der Waals surface area contributed by atoms with Crippen LogP contribution in [-0.2, 0) is 16.6 Å². The van der Waals surface area contributed by atoms with Crippen LogP contribution in [0.1, 0.15) is 52.7 Å². The van der Waals surface area contributed by atoms with Crippen LogP contribution >= 0.6 is 0 Å². The first-order valence-electron chi connectivity index (χ1n) is 7.53. The van der Waals surface area contributed by atoms with Crippen LogP contribution in [0.25, 0.3) is 0 Å². The summed E-state index contributed by atoms with van der Waals surface area (Å²) in [6.07, 6.45) is 3.05. The van der Waals surface area contributed by atoms with Gasteiger partial charge in [0, 0.05) is 11.6 Å². The van der Waals surface area contributed by atoms with Crippen LogP contribution in [-0.4, -0.2) is 20.0 Å². The van der Waals surface area contributed by atoms with Crippen molar-refractivity contribution in [3.8, 4) is 0 Å². The highest BCUT2D eigenvalue weighted by atomic mass is 32.2. The van der Waals surface area contributed by atoms with Gasteiger partial charge in [0.25, 0.3) is 10.0 Å². The fraction of sp³-hybridized carbons (Fsp3) is 0.733. The molecule has 2 atom stereocenters. The molecule has 1 aromatic rings. The van der Waals surface area contributed by atoms with Crippen molar-refractivity contribution >= 4 is 10.0 Å². The van der Waals surface area contributed by atoms with Crippen LogP contribution in [0.3, 0.4) is 0 Å². The lowest BCUT2D eigenvalue weighted by Gasteiger charge is -2.19. The number of hydrogen-bond donors (Lipinski definition) is 2. The molecule has 0 aliphatic heterocycles. The Morgan fingerprint density at radius 3 is 2.57 bits per heavy atom. The molecule has 6 heteroatoms. The highest BCUT2D eigenvalue weighted by Crippen LogP contribution is 2.26. The molecular weight excluding hydrogens is 288 g/mol. The summed E-state index contributed by atoms with van der Waals surface area (Å²) in [7, 11) is -3.55. The first kappa shape index (κ1) is 16.5. The van der Waals surface area contributed by atoms with Gasteiger partial charge in [-0.25, -0.2) is 13.1 Å². The second-order valence-corrected chi connectivity index (χ2v) is 8.61. The standard InChI is InChI=1S/C15H26N2O3S/c1-11-6-5-7-13(11)17-21(18,19)14-9-8-12(20-14)10-16-15(2,3)4/h8-9,11,13,16-17H,5-7,10H2,1-4H3. The molecule has 0 amide bonds. The number of nitrogens with one attached hydrogen (secondary N) is 2. The number of rotatable bonds is 5. The average molecular weight is 314 g/mol. The van der Waals surface area contributed by atoms with E-state index in [9.17, 15) is 8.42 Å². The van der Waals surface area contributed by atoms with Crippen molar-refractivity contribution in [3.63, 3.8) is 0 Å². The second-order valence-electron chi connectivity index (χ2n) is 6.96. The van der Waals surface area contributed by atoms with Crippen LogP contribution in [0.15, 0.2) is 21.6 Å². The van der Waals surface area contributed by atoms with Crippen LogP contribution < -0.4 is 10.0 Å². The molecule has 1 heterocycles. The van der Waals surface area contributed by atoms with Crippen LogP contribution in [0.2, 0.25) is 0 Å². The van der Waals surface area contributed by atoms with Gasteiger partial charge in [-0.05, 0) is 51.7 Å². The number of hydrogen-bond acceptors (Lipinski definition) is 4. The largest absolute Gasteiger partial charge is 0.447 e. The van der Waals surface area contributed by atoms with E-state index in [1.54, 1.807) is 6.07 Å². The van der Waals surface area contributed by atoms with Crippen molar-refractivity contribution < 1.29 is 12.8 Å². The molecule has 1 aliphatic carbocycles. The molecule has 1 aliphatic rings. The monoisotopic (exact) mass is 314 g/mol. The zero-order chi connectivity index (χ0) is 15.7. The Hall–Kier alpha value is -0.850. The van der Waals surface area contributed by atoms with Gasteiger partial charge < -0.3 is 9.73 Å². The van der Waals surface area contributed by atoms with Crippen molar-refractivity contribution in [2.45, 2.75) is 70.2 Å². The normalized spacial score (nSPS) is 23.6. The third kappa shape index (κ3) is 4.56. The fourth-order valence-corrected chi connectivity index (χ4v) is 3.86. The molecule has 2 unspecified atom stereocenters. The van der Waals surface area contributed by atoms with E-state index in [0.717, 1.165) is 19.3 Å². The maximum absolute atomic E-state index is 12.3. The Labute approximate surface area is 127 Å². The first-order valence-corrected chi connectivity index (χ1v) is 9.02. The molecule has 1 fully saturated rings. The van der Waals surface area contributed by atoms with E-state index >= 15 is 0 Å². The summed E-state index contributed by atoms with van der Waals surface area (Å²) in [4.78, 5) is 0. The van der Waals surface area contributed by atoms with E-state index in [-0.39, 0.29) is 16.7 Å². The lowest BCUT2D eigenvalue weighted by atomic mass is 10.1. The van der Waals surface area contributed by atoms with E-state index < -0.39 is 10.0 Å². The molecule has 21 heavy (non-hydrogen) atoms. The third-order valence-corrected chi connectivity index (χ3v) is 5.22. The second kappa shape index (κ2) is 6.10. The predicted molar refractivity (Wildman–Crippen MR) is 82.4 cm³/mol. The molecule has 2 N–H and O–H groups in total. The highest BCUT2D eigenvalue weighted by Gasteiger charge is 2.29. The van der Waals surface area contributed by atoms with Gasteiger partial charge in [-0.1, -0.05) is 13.3 Å². The van der Waals surface area contributed by atoms with Crippen LogP contribution in [0, 0.1) is 5.92 Å². The SMILES string of the molecule is CC1CCCC1NS(=O)(=O)c1ccc(CNC(C)(C)C)o1. The summed E-state index contributed by atoms with van der Waals surface area (Å²) in [6, 6.07) is 3.27. The zero-order valence-electron chi connectivity index (χ0n) is 13.3. The summed E-state index contributed by atoms with van der Waals surface area (Å²) in [5.41, 5.74) is -0.0383. The van der Waals surface area contributed by atoms with Crippen molar-refractivity contribution in [2.75, 3.05) is 0 Å². The van der Waals surface area contributed by atoms with Gasteiger partial charge in [0.2, 0.25) is 5.09 Å². The smallest absolute Gasteiger partial charge is 0.274 e. The Bertz CT molecular complexity index is 572. The fourth-order valence-electron chi connectivity index (χ4n) is 2.53. The minimum Gasteiger partial charge on any atom is -0.447 e. The summed E-state index contributed by atoms with van der Waals surface area (Å²) in [6.45, 7) is 8.75. The lowest BCUT2D eigenvalue weighted by molar-refractivity contribution is 0.357. The third-order valence-electron chi connectivity index (χ3n) is 3.86. The molecule has 0 bridgehead atoms. The zero-order valence-corrected chi connectivity index (χ0v) is 14.1. The summed E-state index contributed by atoms with van der Waals surface area (Å²) >= 11 is 0. The minimum absolute atomic E-state index is 0.00677.